The first-order valence-corrected chi connectivity index (χ1v) is 5.42. The fraction of sp³-hybridized carbons (Fsp3) is 0.500. The Hall–Kier alpha value is -1.22. The number of benzene rings is 1. The van der Waals surface area contributed by atoms with E-state index in [4.69, 9.17) is 4.74 Å². The molecule has 0 bridgehead atoms. The Balaban J connectivity index is 2.07. The number of nitrogens with zero attached hydrogens (tertiary/aromatic N) is 1. The van der Waals surface area contributed by atoms with Crippen LogP contribution < -0.4 is 15.0 Å². The number of ether oxygens (including phenoxy) is 1. The van der Waals surface area contributed by atoms with Crippen molar-refractivity contribution in [3.05, 3.63) is 24.3 Å². The minimum Gasteiger partial charge on any atom is -0.497 e. The van der Waals surface area contributed by atoms with E-state index in [0.29, 0.717) is 6.04 Å². The Morgan fingerprint density at radius 2 is 2.07 bits per heavy atom. The number of methoxy groups -OCH3 is 1. The van der Waals surface area contributed by atoms with E-state index in [1.807, 2.05) is 12.1 Å². The van der Waals surface area contributed by atoms with Crippen LogP contribution in [0.4, 0.5) is 5.69 Å². The molecule has 1 heterocycles. The Morgan fingerprint density at radius 1 is 1.33 bits per heavy atom. The molecule has 0 unspecified atom stereocenters. The molecule has 0 radical (unpaired) electrons. The second-order valence-electron chi connectivity index (χ2n) is 4.00. The van der Waals surface area contributed by atoms with Crippen molar-refractivity contribution >= 4 is 5.69 Å². The molecule has 2 rings (SSSR count). The van der Waals surface area contributed by atoms with Gasteiger partial charge in [-0.2, -0.15) is 0 Å². The van der Waals surface area contributed by atoms with Crippen LogP contribution in [-0.4, -0.2) is 32.8 Å². The van der Waals surface area contributed by atoms with Crippen LogP contribution in [0, 0.1) is 0 Å². The summed E-state index contributed by atoms with van der Waals surface area (Å²) in [5.74, 6) is 0.918. The first-order chi connectivity index (χ1) is 7.29. The number of hydrogen-bond acceptors (Lipinski definition) is 3. The van der Waals surface area contributed by atoms with E-state index < -0.39 is 0 Å². The molecule has 1 atom stereocenters. The van der Waals surface area contributed by atoms with Gasteiger partial charge < -0.3 is 15.0 Å². The highest BCUT2D eigenvalue weighted by Crippen LogP contribution is 2.20. The minimum absolute atomic E-state index is 0.570. The fourth-order valence-electron chi connectivity index (χ4n) is 1.96. The topological polar surface area (TPSA) is 24.5 Å². The zero-order valence-electron chi connectivity index (χ0n) is 9.36. The summed E-state index contributed by atoms with van der Waals surface area (Å²) < 4.78 is 5.15. The van der Waals surface area contributed by atoms with Crippen molar-refractivity contribution in [1.29, 1.82) is 0 Å². The van der Waals surface area contributed by atoms with Crippen LogP contribution in [0.3, 0.4) is 0 Å². The molecule has 15 heavy (non-hydrogen) atoms. The van der Waals surface area contributed by atoms with Crippen molar-refractivity contribution in [2.24, 2.45) is 0 Å². The van der Waals surface area contributed by atoms with Gasteiger partial charge in [0.2, 0.25) is 0 Å². The minimum atomic E-state index is 0.570. The lowest BCUT2D eigenvalue weighted by molar-refractivity contribution is 0.414. The van der Waals surface area contributed by atoms with Crippen LogP contribution in [0.2, 0.25) is 0 Å². The third-order valence-electron chi connectivity index (χ3n) is 2.81. The van der Waals surface area contributed by atoms with Gasteiger partial charge in [-0.05, 0) is 31.2 Å². The van der Waals surface area contributed by atoms with Gasteiger partial charge in [0.25, 0.3) is 0 Å². The van der Waals surface area contributed by atoms with Crippen LogP contribution in [-0.2, 0) is 0 Å². The molecule has 1 N–H and O–H groups in total. The molecular weight excluding hydrogens is 188 g/mol. The second kappa shape index (κ2) is 4.53. The second-order valence-corrected chi connectivity index (χ2v) is 4.00. The number of rotatable bonds is 2. The van der Waals surface area contributed by atoms with Gasteiger partial charge in [0.15, 0.2) is 0 Å². The molecular formula is C12H18N2O. The van der Waals surface area contributed by atoms with Crippen molar-refractivity contribution in [3.8, 4) is 5.75 Å². The van der Waals surface area contributed by atoms with Gasteiger partial charge in [0, 0.05) is 31.4 Å². The maximum Gasteiger partial charge on any atom is 0.119 e. The van der Waals surface area contributed by atoms with E-state index in [1.165, 1.54) is 5.69 Å². The van der Waals surface area contributed by atoms with E-state index in [-0.39, 0.29) is 0 Å². The molecule has 3 nitrogen and oxygen atoms in total. The number of hydrogen-bond donors (Lipinski definition) is 1. The first kappa shape index (κ1) is 10.3. The maximum absolute atomic E-state index is 5.15. The molecule has 0 amide bonds. The molecule has 0 spiro atoms. The Kier molecular flexibility index (Phi) is 3.11. The molecule has 3 heteroatoms. The summed E-state index contributed by atoms with van der Waals surface area (Å²) in [6.45, 7) is 5.44. The van der Waals surface area contributed by atoms with Crippen LogP contribution in [0.1, 0.15) is 6.92 Å². The van der Waals surface area contributed by atoms with Gasteiger partial charge in [0.1, 0.15) is 5.75 Å². The summed E-state index contributed by atoms with van der Waals surface area (Å²) in [6.07, 6.45) is 0. The standard InChI is InChI=1S/C12H18N2O/c1-10-9-14(8-7-13-10)11-3-5-12(15-2)6-4-11/h3-6,10,13H,7-9H2,1-2H3/t10-/m0/s1. The van der Waals surface area contributed by atoms with Crippen molar-refractivity contribution in [3.63, 3.8) is 0 Å². The van der Waals surface area contributed by atoms with Crippen LogP contribution in [0.25, 0.3) is 0 Å². The maximum atomic E-state index is 5.15. The summed E-state index contributed by atoms with van der Waals surface area (Å²) in [6, 6.07) is 8.85. The van der Waals surface area contributed by atoms with Crippen molar-refractivity contribution in [2.75, 3.05) is 31.6 Å². The smallest absolute Gasteiger partial charge is 0.119 e. The molecule has 1 aromatic rings. The molecule has 1 aliphatic rings. The molecule has 1 aromatic carbocycles. The van der Waals surface area contributed by atoms with E-state index >= 15 is 0 Å². The van der Waals surface area contributed by atoms with E-state index in [1.54, 1.807) is 7.11 Å². The molecule has 82 valence electrons. The van der Waals surface area contributed by atoms with Crippen molar-refractivity contribution in [2.45, 2.75) is 13.0 Å². The zero-order valence-corrected chi connectivity index (χ0v) is 9.36. The van der Waals surface area contributed by atoms with E-state index in [2.05, 4.69) is 29.3 Å². The lowest BCUT2D eigenvalue weighted by atomic mass is 10.2. The number of nitrogens with one attached hydrogen (secondary N) is 1. The van der Waals surface area contributed by atoms with Crippen molar-refractivity contribution < 1.29 is 4.74 Å². The van der Waals surface area contributed by atoms with Crippen LogP contribution >= 0.6 is 0 Å². The molecule has 0 aliphatic carbocycles. The number of anilines is 1. The molecule has 0 saturated carbocycles. The average Bonchev–Trinajstić information content (AvgIpc) is 2.29. The zero-order chi connectivity index (χ0) is 10.7. The summed E-state index contributed by atoms with van der Waals surface area (Å²) in [5, 5.41) is 3.44. The fourth-order valence-corrected chi connectivity index (χ4v) is 1.96. The Bertz CT molecular complexity index is 310. The van der Waals surface area contributed by atoms with Crippen LogP contribution in [0.5, 0.6) is 5.75 Å². The van der Waals surface area contributed by atoms with Crippen molar-refractivity contribution in [1.82, 2.24) is 5.32 Å². The van der Waals surface area contributed by atoms with E-state index in [0.717, 1.165) is 25.4 Å². The van der Waals surface area contributed by atoms with Crippen LogP contribution in [0.15, 0.2) is 24.3 Å². The normalized spacial score (nSPS) is 21.5. The quantitative estimate of drug-likeness (QED) is 0.793. The summed E-state index contributed by atoms with van der Waals surface area (Å²) in [7, 11) is 1.70. The third-order valence-corrected chi connectivity index (χ3v) is 2.81. The first-order valence-electron chi connectivity index (χ1n) is 5.42. The van der Waals surface area contributed by atoms with Gasteiger partial charge >= 0.3 is 0 Å². The largest absolute Gasteiger partial charge is 0.497 e. The predicted octanol–water partition coefficient (Wildman–Crippen LogP) is 1.49. The van der Waals surface area contributed by atoms with E-state index in [9.17, 15) is 0 Å². The highest BCUT2D eigenvalue weighted by Gasteiger charge is 2.15. The highest BCUT2D eigenvalue weighted by molar-refractivity contribution is 5.49. The lowest BCUT2D eigenvalue weighted by Crippen LogP contribution is -2.49. The monoisotopic (exact) mass is 206 g/mol. The summed E-state index contributed by atoms with van der Waals surface area (Å²) in [5.41, 5.74) is 1.28. The Morgan fingerprint density at radius 3 is 2.67 bits per heavy atom. The summed E-state index contributed by atoms with van der Waals surface area (Å²) >= 11 is 0. The molecule has 0 aromatic heterocycles. The van der Waals surface area contributed by atoms with Gasteiger partial charge in [-0.3, -0.25) is 0 Å². The van der Waals surface area contributed by atoms with Gasteiger partial charge in [-0.1, -0.05) is 0 Å². The highest BCUT2D eigenvalue weighted by atomic mass is 16.5. The van der Waals surface area contributed by atoms with Gasteiger partial charge in [-0.15, -0.1) is 0 Å². The average molecular weight is 206 g/mol. The van der Waals surface area contributed by atoms with Gasteiger partial charge in [0.05, 0.1) is 7.11 Å². The third kappa shape index (κ3) is 2.42. The Labute approximate surface area is 91.0 Å². The number of piperazine rings is 1. The van der Waals surface area contributed by atoms with Gasteiger partial charge in [-0.25, -0.2) is 0 Å². The summed E-state index contributed by atoms with van der Waals surface area (Å²) in [4.78, 5) is 2.40. The molecule has 1 saturated heterocycles. The SMILES string of the molecule is COc1ccc(N2CCN[C@@H](C)C2)cc1. The lowest BCUT2D eigenvalue weighted by Gasteiger charge is -2.33. The molecule has 1 fully saturated rings. The molecule has 1 aliphatic heterocycles. The predicted molar refractivity (Wildman–Crippen MR) is 62.7 cm³/mol.